The van der Waals surface area contributed by atoms with Gasteiger partial charge in [0, 0.05) is 0 Å². The van der Waals surface area contributed by atoms with Crippen molar-refractivity contribution in [3.8, 4) is 0 Å². The fourth-order valence-electron chi connectivity index (χ4n) is 2.77. The first-order valence-electron chi connectivity index (χ1n) is 7.68. The topological polar surface area (TPSA) is 0 Å². The standard InChI is InChI=1S/C18H26/c1-2-6-10-14-17(13-9-5-1)18-15-11-7-3-4-8-12-16-18/h5,7,9,11,13,15H,1-4,6,8,10,12,14,16H2/b9-5-,11-7-,17-13+,18-15+. The molecule has 2 aliphatic rings. The molecule has 0 atom stereocenters. The fraction of sp³-hybridized carbons (Fsp3) is 0.556. The van der Waals surface area contributed by atoms with E-state index in [0.717, 1.165) is 0 Å². The molecule has 0 spiro atoms. The van der Waals surface area contributed by atoms with Crippen molar-refractivity contribution in [1.82, 2.24) is 0 Å². The van der Waals surface area contributed by atoms with Gasteiger partial charge < -0.3 is 0 Å². The molecule has 2 aliphatic carbocycles. The van der Waals surface area contributed by atoms with Crippen molar-refractivity contribution in [2.24, 2.45) is 0 Å². The SMILES string of the molecule is C1=C/CCCCCC(/C2=C/C=C\CCCCC2)=C\1. The number of allylic oxidation sites excluding steroid dienone is 8. The zero-order valence-corrected chi connectivity index (χ0v) is 11.5. The van der Waals surface area contributed by atoms with Gasteiger partial charge in [-0.15, -0.1) is 0 Å². The molecule has 0 saturated heterocycles. The summed E-state index contributed by atoms with van der Waals surface area (Å²) in [5.41, 5.74) is 3.17. The van der Waals surface area contributed by atoms with Gasteiger partial charge in [0.05, 0.1) is 0 Å². The van der Waals surface area contributed by atoms with Crippen LogP contribution >= 0.6 is 0 Å². The number of rotatable bonds is 1. The van der Waals surface area contributed by atoms with Crippen LogP contribution in [0.1, 0.15) is 64.2 Å². The van der Waals surface area contributed by atoms with Crippen molar-refractivity contribution in [2.45, 2.75) is 64.2 Å². The lowest BCUT2D eigenvalue weighted by Crippen LogP contribution is -1.91. The largest absolute Gasteiger partial charge is 0.0845 e. The highest BCUT2D eigenvalue weighted by Gasteiger charge is 2.06. The monoisotopic (exact) mass is 242 g/mol. The minimum Gasteiger partial charge on any atom is -0.0845 e. The first-order chi connectivity index (χ1) is 8.97. The second-order valence-corrected chi connectivity index (χ2v) is 5.44. The van der Waals surface area contributed by atoms with Crippen LogP contribution in [-0.4, -0.2) is 0 Å². The third-order valence-electron chi connectivity index (χ3n) is 3.91. The van der Waals surface area contributed by atoms with E-state index in [1.165, 1.54) is 64.2 Å². The molecule has 0 nitrogen and oxygen atoms in total. The van der Waals surface area contributed by atoms with E-state index in [1.54, 1.807) is 11.1 Å². The van der Waals surface area contributed by atoms with Gasteiger partial charge in [-0.1, -0.05) is 49.3 Å². The summed E-state index contributed by atoms with van der Waals surface area (Å²) < 4.78 is 0. The van der Waals surface area contributed by atoms with Crippen molar-refractivity contribution >= 4 is 0 Å². The third-order valence-corrected chi connectivity index (χ3v) is 3.91. The normalized spacial score (nSPS) is 32.0. The van der Waals surface area contributed by atoms with Crippen LogP contribution in [0, 0.1) is 0 Å². The second-order valence-electron chi connectivity index (χ2n) is 5.44. The quantitative estimate of drug-likeness (QED) is 0.538. The molecule has 0 aromatic rings. The van der Waals surface area contributed by atoms with Crippen LogP contribution in [-0.2, 0) is 0 Å². The van der Waals surface area contributed by atoms with E-state index < -0.39 is 0 Å². The van der Waals surface area contributed by atoms with Gasteiger partial charge in [0.1, 0.15) is 0 Å². The van der Waals surface area contributed by atoms with Gasteiger partial charge in [-0.05, 0) is 62.5 Å². The van der Waals surface area contributed by atoms with Crippen molar-refractivity contribution in [3.63, 3.8) is 0 Å². The van der Waals surface area contributed by atoms with Crippen LogP contribution in [0.25, 0.3) is 0 Å². The maximum Gasteiger partial charge on any atom is -0.0276 e. The van der Waals surface area contributed by atoms with Crippen LogP contribution in [0.2, 0.25) is 0 Å². The molecule has 0 saturated carbocycles. The van der Waals surface area contributed by atoms with Gasteiger partial charge in [0.2, 0.25) is 0 Å². The van der Waals surface area contributed by atoms with Crippen LogP contribution in [0.15, 0.2) is 47.6 Å². The molecule has 0 aromatic carbocycles. The first kappa shape index (κ1) is 13.4. The minimum atomic E-state index is 1.25. The van der Waals surface area contributed by atoms with Crippen LogP contribution < -0.4 is 0 Å². The lowest BCUT2D eigenvalue weighted by atomic mass is 9.95. The maximum absolute atomic E-state index is 2.36. The molecule has 18 heavy (non-hydrogen) atoms. The van der Waals surface area contributed by atoms with E-state index in [0.29, 0.717) is 0 Å². The zero-order chi connectivity index (χ0) is 12.5. The summed E-state index contributed by atoms with van der Waals surface area (Å²) in [4.78, 5) is 0. The van der Waals surface area contributed by atoms with Crippen LogP contribution in [0.3, 0.4) is 0 Å². The molecule has 0 bridgehead atoms. The van der Waals surface area contributed by atoms with E-state index in [9.17, 15) is 0 Å². The zero-order valence-electron chi connectivity index (χ0n) is 11.5. The first-order valence-corrected chi connectivity index (χ1v) is 7.68. The van der Waals surface area contributed by atoms with E-state index in [2.05, 4.69) is 36.5 Å². The van der Waals surface area contributed by atoms with Gasteiger partial charge in [-0.2, -0.15) is 0 Å². The van der Waals surface area contributed by atoms with Gasteiger partial charge in [-0.3, -0.25) is 0 Å². The van der Waals surface area contributed by atoms with E-state index in [4.69, 9.17) is 0 Å². The maximum atomic E-state index is 2.36. The Morgan fingerprint density at radius 2 is 1.06 bits per heavy atom. The molecule has 0 aliphatic heterocycles. The highest BCUT2D eigenvalue weighted by molar-refractivity contribution is 5.36. The van der Waals surface area contributed by atoms with Gasteiger partial charge in [0.25, 0.3) is 0 Å². The lowest BCUT2D eigenvalue weighted by Gasteiger charge is -2.11. The van der Waals surface area contributed by atoms with Crippen molar-refractivity contribution in [2.75, 3.05) is 0 Å². The fourth-order valence-corrected chi connectivity index (χ4v) is 2.77. The van der Waals surface area contributed by atoms with Gasteiger partial charge in [-0.25, -0.2) is 0 Å². The predicted molar refractivity (Wildman–Crippen MR) is 80.6 cm³/mol. The predicted octanol–water partition coefficient (Wildman–Crippen LogP) is 5.88. The Morgan fingerprint density at radius 1 is 0.556 bits per heavy atom. The third kappa shape index (κ3) is 4.68. The highest BCUT2D eigenvalue weighted by Crippen LogP contribution is 2.25. The molecule has 0 aromatic heterocycles. The summed E-state index contributed by atoms with van der Waals surface area (Å²) in [5, 5.41) is 0. The Labute approximate surface area is 112 Å². The second kappa shape index (κ2) is 8.13. The van der Waals surface area contributed by atoms with E-state index >= 15 is 0 Å². The molecule has 98 valence electrons. The van der Waals surface area contributed by atoms with Crippen LogP contribution in [0.5, 0.6) is 0 Å². The van der Waals surface area contributed by atoms with Crippen LogP contribution in [0.4, 0.5) is 0 Å². The highest BCUT2D eigenvalue weighted by atomic mass is 14.1. The summed E-state index contributed by atoms with van der Waals surface area (Å²) in [6, 6.07) is 0. The average molecular weight is 242 g/mol. The molecule has 0 heteroatoms. The molecular weight excluding hydrogens is 216 g/mol. The molecule has 0 amide bonds. The van der Waals surface area contributed by atoms with E-state index in [-0.39, 0.29) is 0 Å². The lowest BCUT2D eigenvalue weighted by molar-refractivity contribution is 0.669. The molecule has 0 unspecified atom stereocenters. The van der Waals surface area contributed by atoms with Crippen molar-refractivity contribution in [3.05, 3.63) is 47.6 Å². The minimum absolute atomic E-state index is 1.25. The summed E-state index contributed by atoms with van der Waals surface area (Å²) >= 11 is 0. The average Bonchev–Trinajstić information content (AvgIpc) is 2.61. The molecule has 0 fully saturated rings. The molecule has 0 radical (unpaired) electrons. The summed E-state index contributed by atoms with van der Waals surface area (Å²) in [5.74, 6) is 0. The Bertz CT molecular complexity index is 316. The number of hydrogen-bond donors (Lipinski definition) is 0. The molecule has 0 N–H and O–H groups in total. The Balaban J connectivity index is 2.09. The Morgan fingerprint density at radius 3 is 1.56 bits per heavy atom. The smallest absolute Gasteiger partial charge is 0.0276 e. The van der Waals surface area contributed by atoms with Crippen molar-refractivity contribution < 1.29 is 0 Å². The van der Waals surface area contributed by atoms with Gasteiger partial charge >= 0.3 is 0 Å². The number of hydrogen-bond acceptors (Lipinski definition) is 0. The summed E-state index contributed by atoms with van der Waals surface area (Å²) in [7, 11) is 0. The molecular formula is C18H26. The van der Waals surface area contributed by atoms with Gasteiger partial charge in [0.15, 0.2) is 0 Å². The van der Waals surface area contributed by atoms with Crippen molar-refractivity contribution in [1.29, 1.82) is 0 Å². The molecule has 2 rings (SSSR count). The Hall–Kier alpha value is -1.04. The Kier molecular flexibility index (Phi) is 6.05. The molecule has 0 heterocycles. The summed E-state index contributed by atoms with van der Waals surface area (Å²) in [6.07, 6.45) is 27.2. The summed E-state index contributed by atoms with van der Waals surface area (Å²) in [6.45, 7) is 0. The van der Waals surface area contributed by atoms with E-state index in [1.807, 2.05) is 0 Å².